The summed E-state index contributed by atoms with van der Waals surface area (Å²) in [5, 5.41) is 0.757. The van der Waals surface area contributed by atoms with Crippen LogP contribution in [-0.2, 0) is 18.2 Å². The molecule has 0 fully saturated rings. The third-order valence-electron chi connectivity index (χ3n) is 1.57. The second kappa shape index (κ2) is 5.50. The van der Waals surface area contributed by atoms with E-state index < -0.39 is 5.54 Å². The smallest absolute Gasteiger partial charge is 0.122 e. The lowest BCUT2D eigenvalue weighted by Crippen LogP contribution is -2.01. The van der Waals surface area contributed by atoms with E-state index in [1.54, 1.807) is 0 Å². The van der Waals surface area contributed by atoms with Crippen LogP contribution in [0.1, 0.15) is 5.56 Å². The van der Waals surface area contributed by atoms with Gasteiger partial charge in [-0.05, 0) is 24.1 Å². The average molecular weight is 267 g/mol. The van der Waals surface area contributed by atoms with Crippen LogP contribution in [0.4, 0.5) is 0 Å². The molecule has 6 heteroatoms. The van der Waals surface area contributed by atoms with E-state index in [-0.39, 0.29) is 0 Å². The molecule has 0 unspecified atom stereocenters. The summed E-state index contributed by atoms with van der Waals surface area (Å²) >= 11 is 12.2. The van der Waals surface area contributed by atoms with Gasteiger partial charge < -0.3 is 0 Å². The van der Waals surface area contributed by atoms with Crippen molar-refractivity contribution in [2.75, 3.05) is 5.75 Å². The molecule has 0 aromatic heterocycles. The van der Waals surface area contributed by atoms with Crippen molar-refractivity contribution in [2.24, 2.45) is 11.0 Å². The van der Waals surface area contributed by atoms with E-state index in [4.69, 9.17) is 34.4 Å². The monoisotopic (exact) mass is 266 g/mol. The van der Waals surface area contributed by atoms with Gasteiger partial charge >= 0.3 is 0 Å². The fraction of sp³-hybridized carbons (Fsp3) is 0.250. The molecule has 0 aliphatic heterocycles. The summed E-state index contributed by atoms with van der Waals surface area (Å²) in [5.41, 5.74) is 10.2. The van der Waals surface area contributed by atoms with E-state index in [2.05, 4.69) is 0 Å². The van der Waals surface area contributed by atoms with Crippen molar-refractivity contribution in [2.45, 2.75) is 6.42 Å². The minimum atomic E-state index is -2.10. The van der Waals surface area contributed by atoms with Gasteiger partial charge in [0.25, 0.3) is 0 Å². The van der Waals surface area contributed by atoms with Gasteiger partial charge in [0, 0.05) is 10.8 Å². The van der Waals surface area contributed by atoms with Crippen LogP contribution in [0.3, 0.4) is 0 Å². The fourth-order valence-corrected chi connectivity index (χ4v) is 3.62. The summed E-state index contributed by atoms with van der Waals surface area (Å²) in [6.07, 6.45) is 0.901. The molecule has 4 N–H and O–H groups in total. The standard InChI is InChI=1S/C8H12ClN2PS2/c9-8-3-1-2-7(6-8)4-5-14-12(10,11)13/h1-3,6H,4-5H2,(H4,10,11,13). The van der Waals surface area contributed by atoms with E-state index in [1.807, 2.05) is 24.3 Å². The molecular weight excluding hydrogens is 255 g/mol. The second-order valence-electron chi connectivity index (χ2n) is 2.86. The Morgan fingerprint density at radius 1 is 1.43 bits per heavy atom. The highest BCUT2D eigenvalue weighted by Gasteiger charge is 2.03. The maximum atomic E-state index is 5.84. The molecular formula is C8H12ClN2PS2. The Balaban J connectivity index is 2.43. The summed E-state index contributed by atoms with van der Waals surface area (Å²) in [7, 11) is 0. The van der Waals surface area contributed by atoms with Crippen molar-refractivity contribution < 1.29 is 0 Å². The van der Waals surface area contributed by atoms with Gasteiger partial charge in [-0.25, -0.2) is 0 Å². The van der Waals surface area contributed by atoms with Gasteiger partial charge in [0.05, 0.1) is 0 Å². The molecule has 2 nitrogen and oxygen atoms in total. The summed E-state index contributed by atoms with van der Waals surface area (Å²) < 4.78 is 0. The van der Waals surface area contributed by atoms with Gasteiger partial charge in [-0.3, -0.25) is 11.0 Å². The zero-order valence-electron chi connectivity index (χ0n) is 7.52. The van der Waals surface area contributed by atoms with E-state index >= 15 is 0 Å². The molecule has 0 aliphatic carbocycles. The highest BCUT2D eigenvalue weighted by atomic mass is 35.5. The molecule has 0 aliphatic rings. The molecule has 0 radical (unpaired) electrons. The summed E-state index contributed by atoms with van der Waals surface area (Å²) in [6.45, 7) is 0. The molecule has 1 rings (SSSR count). The lowest BCUT2D eigenvalue weighted by atomic mass is 10.2. The second-order valence-corrected chi connectivity index (χ2v) is 10.3. The Hall–Kier alpha value is 0.430. The maximum Gasteiger partial charge on any atom is 0.122 e. The first-order valence-corrected chi connectivity index (χ1v) is 8.94. The van der Waals surface area contributed by atoms with Crippen LogP contribution in [0.5, 0.6) is 0 Å². The average Bonchev–Trinajstić information content (AvgIpc) is 2.01. The zero-order valence-corrected chi connectivity index (χ0v) is 10.8. The Morgan fingerprint density at radius 2 is 2.14 bits per heavy atom. The van der Waals surface area contributed by atoms with Gasteiger partial charge in [-0.1, -0.05) is 46.9 Å². The molecule has 0 heterocycles. The number of hydrogen-bond donors (Lipinski definition) is 2. The maximum absolute atomic E-state index is 5.84. The SMILES string of the molecule is NP(N)(=S)SCCc1cccc(Cl)c1. The summed E-state index contributed by atoms with van der Waals surface area (Å²) in [4.78, 5) is 0. The fourth-order valence-electron chi connectivity index (χ4n) is 0.999. The lowest BCUT2D eigenvalue weighted by Gasteiger charge is -2.08. The Morgan fingerprint density at radius 3 is 2.71 bits per heavy atom. The Labute approximate surface area is 98.2 Å². The molecule has 0 spiro atoms. The minimum Gasteiger partial charge on any atom is -0.283 e. The highest BCUT2D eigenvalue weighted by Crippen LogP contribution is 2.43. The summed E-state index contributed by atoms with van der Waals surface area (Å²) in [6, 6.07) is 7.76. The topological polar surface area (TPSA) is 52.0 Å². The van der Waals surface area contributed by atoms with Crippen LogP contribution in [0.15, 0.2) is 24.3 Å². The number of benzene rings is 1. The number of aryl methyl sites for hydroxylation is 1. The predicted molar refractivity (Wildman–Crippen MR) is 70.3 cm³/mol. The van der Waals surface area contributed by atoms with Crippen LogP contribution in [0.2, 0.25) is 5.02 Å². The van der Waals surface area contributed by atoms with Crippen molar-refractivity contribution in [3.8, 4) is 0 Å². The van der Waals surface area contributed by atoms with Crippen molar-refractivity contribution >= 4 is 40.3 Å². The number of hydrogen-bond acceptors (Lipinski definition) is 2. The van der Waals surface area contributed by atoms with Crippen molar-refractivity contribution in [3.63, 3.8) is 0 Å². The van der Waals surface area contributed by atoms with Crippen LogP contribution in [-0.4, -0.2) is 5.75 Å². The predicted octanol–water partition coefficient (Wildman–Crippen LogP) is 2.76. The normalized spacial score (nSPS) is 11.6. The van der Waals surface area contributed by atoms with Crippen LogP contribution < -0.4 is 11.0 Å². The van der Waals surface area contributed by atoms with E-state index in [0.29, 0.717) is 0 Å². The van der Waals surface area contributed by atoms with Crippen LogP contribution in [0.25, 0.3) is 0 Å². The first-order chi connectivity index (χ1) is 6.47. The molecule has 0 saturated carbocycles. The molecule has 14 heavy (non-hydrogen) atoms. The van der Waals surface area contributed by atoms with Gasteiger partial charge in [0.1, 0.15) is 5.54 Å². The first-order valence-electron chi connectivity index (χ1n) is 4.03. The molecule has 0 atom stereocenters. The van der Waals surface area contributed by atoms with Crippen molar-refractivity contribution in [3.05, 3.63) is 34.9 Å². The quantitative estimate of drug-likeness (QED) is 0.823. The molecule has 1 aromatic carbocycles. The van der Waals surface area contributed by atoms with Crippen LogP contribution >= 0.6 is 28.5 Å². The minimum absolute atomic E-state index is 0.757. The summed E-state index contributed by atoms with van der Waals surface area (Å²) in [5.74, 6) is 0.852. The highest BCUT2D eigenvalue weighted by molar-refractivity contribution is 8.69. The zero-order chi connectivity index (χ0) is 10.6. The van der Waals surface area contributed by atoms with E-state index in [1.165, 1.54) is 16.9 Å². The molecule has 1 aromatic rings. The first kappa shape index (κ1) is 12.5. The molecule has 0 bridgehead atoms. The van der Waals surface area contributed by atoms with Crippen LogP contribution in [0, 0.1) is 0 Å². The Bertz CT molecular complexity index is 353. The molecule has 0 amide bonds. The lowest BCUT2D eigenvalue weighted by molar-refractivity contribution is 1.16. The Kier molecular flexibility index (Phi) is 4.91. The van der Waals surface area contributed by atoms with Crippen molar-refractivity contribution in [1.82, 2.24) is 0 Å². The van der Waals surface area contributed by atoms with E-state index in [9.17, 15) is 0 Å². The van der Waals surface area contributed by atoms with Gasteiger partial charge in [0.15, 0.2) is 0 Å². The van der Waals surface area contributed by atoms with Gasteiger partial charge in [-0.15, -0.1) is 0 Å². The number of nitrogens with two attached hydrogens (primary N) is 2. The largest absolute Gasteiger partial charge is 0.283 e. The van der Waals surface area contributed by atoms with Crippen molar-refractivity contribution in [1.29, 1.82) is 0 Å². The van der Waals surface area contributed by atoms with Gasteiger partial charge in [0.2, 0.25) is 0 Å². The molecule has 0 saturated heterocycles. The number of rotatable bonds is 4. The molecule has 78 valence electrons. The third-order valence-corrected chi connectivity index (χ3v) is 5.31. The van der Waals surface area contributed by atoms with Gasteiger partial charge in [-0.2, -0.15) is 0 Å². The third kappa shape index (κ3) is 5.35. The number of halogens is 1. The van der Waals surface area contributed by atoms with E-state index in [0.717, 1.165) is 17.2 Å².